The highest BCUT2D eigenvalue weighted by molar-refractivity contribution is 5.94. The van der Waals surface area contributed by atoms with Crippen molar-refractivity contribution >= 4 is 5.91 Å². The monoisotopic (exact) mass is 234 g/mol. The first-order chi connectivity index (χ1) is 8.31. The van der Waals surface area contributed by atoms with Crippen LogP contribution in [-0.4, -0.2) is 32.7 Å². The maximum Gasteiger partial charge on any atom is 0.251 e. The van der Waals surface area contributed by atoms with Gasteiger partial charge in [-0.1, -0.05) is 6.07 Å². The van der Waals surface area contributed by atoms with Gasteiger partial charge in [-0.15, -0.1) is 0 Å². The van der Waals surface area contributed by atoms with E-state index in [1.54, 1.807) is 7.11 Å². The third kappa shape index (κ3) is 3.05. The van der Waals surface area contributed by atoms with Crippen LogP contribution < -0.4 is 10.6 Å². The zero-order valence-corrected chi connectivity index (χ0v) is 10.1. The molecule has 0 unspecified atom stereocenters. The Kier molecular flexibility index (Phi) is 4.12. The molecule has 1 amide bonds. The maximum absolute atomic E-state index is 11.8. The Hall–Kier alpha value is -1.39. The van der Waals surface area contributed by atoms with Gasteiger partial charge in [-0.2, -0.15) is 0 Å². The lowest BCUT2D eigenvalue weighted by molar-refractivity contribution is 0.0937. The SMILES string of the molecule is COCCNC(=O)c1ccc2c(c1)CNCC2. The molecule has 1 heterocycles. The van der Waals surface area contributed by atoms with E-state index in [4.69, 9.17) is 4.74 Å². The lowest BCUT2D eigenvalue weighted by atomic mass is 9.98. The van der Waals surface area contributed by atoms with Gasteiger partial charge in [0.2, 0.25) is 0 Å². The summed E-state index contributed by atoms with van der Waals surface area (Å²) in [4.78, 5) is 11.8. The van der Waals surface area contributed by atoms with E-state index in [0.717, 1.165) is 25.1 Å². The largest absolute Gasteiger partial charge is 0.383 e. The van der Waals surface area contributed by atoms with Crippen LogP contribution in [0.2, 0.25) is 0 Å². The van der Waals surface area contributed by atoms with Gasteiger partial charge in [0.15, 0.2) is 0 Å². The second kappa shape index (κ2) is 5.80. The third-order valence-corrected chi connectivity index (χ3v) is 2.95. The molecule has 0 aliphatic carbocycles. The van der Waals surface area contributed by atoms with Gasteiger partial charge in [-0.3, -0.25) is 4.79 Å². The van der Waals surface area contributed by atoms with Crippen LogP contribution in [0.4, 0.5) is 0 Å². The van der Waals surface area contributed by atoms with Crippen molar-refractivity contribution in [3.05, 3.63) is 34.9 Å². The highest BCUT2D eigenvalue weighted by atomic mass is 16.5. The molecule has 92 valence electrons. The fourth-order valence-electron chi connectivity index (χ4n) is 1.99. The van der Waals surface area contributed by atoms with E-state index in [2.05, 4.69) is 16.7 Å². The molecule has 0 saturated heterocycles. The van der Waals surface area contributed by atoms with Crippen LogP contribution in [0.3, 0.4) is 0 Å². The quantitative estimate of drug-likeness (QED) is 0.754. The van der Waals surface area contributed by atoms with Crippen molar-refractivity contribution in [2.45, 2.75) is 13.0 Å². The summed E-state index contributed by atoms with van der Waals surface area (Å²) in [5.74, 6) is -0.0320. The van der Waals surface area contributed by atoms with Crippen LogP contribution in [0.1, 0.15) is 21.5 Å². The Bertz CT molecular complexity index is 404. The highest BCUT2D eigenvalue weighted by Gasteiger charge is 2.11. The molecule has 1 aromatic carbocycles. The number of nitrogens with one attached hydrogen (secondary N) is 2. The molecule has 0 fully saturated rings. The van der Waals surface area contributed by atoms with Crippen LogP contribution in [0.25, 0.3) is 0 Å². The minimum atomic E-state index is -0.0320. The Morgan fingerprint density at radius 2 is 2.35 bits per heavy atom. The molecule has 2 N–H and O–H groups in total. The van der Waals surface area contributed by atoms with Gasteiger partial charge >= 0.3 is 0 Å². The second-order valence-electron chi connectivity index (χ2n) is 4.16. The molecule has 0 atom stereocenters. The Balaban J connectivity index is 2.03. The number of hydrogen-bond acceptors (Lipinski definition) is 3. The number of fused-ring (bicyclic) bond motifs is 1. The normalized spacial score (nSPS) is 14.2. The Morgan fingerprint density at radius 1 is 1.47 bits per heavy atom. The summed E-state index contributed by atoms with van der Waals surface area (Å²) in [6, 6.07) is 5.93. The molecule has 0 spiro atoms. The number of methoxy groups -OCH3 is 1. The smallest absolute Gasteiger partial charge is 0.251 e. The first kappa shape index (κ1) is 12.1. The van der Waals surface area contributed by atoms with Crippen molar-refractivity contribution in [2.24, 2.45) is 0 Å². The van der Waals surface area contributed by atoms with E-state index in [1.807, 2.05) is 12.1 Å². The molecular formula is C13H18N2O2. The van der Waals surface area contributed by atoms with Gasteiger partial charge in [-0.25, -0.2) is 0 Å². The van der Waals surface area contributed by atoms with E-state index >= 15 is 0 Å². The molecule has 0 saturated carbocycles. The zero-order chi connectivity index (χ0) is 12.1. The van der Waals surface area contributed by atoms with Crippen LogP contribution in [0, 0.1) is 0 Å². The molecule has 4 nitrogen and oxygen atoms in total. The summed E-state index contributed by atoms with van der Waals surface area (Å²) in [5.41, 5.74) is 3.30. The van der Waals surface area contributed by atoms with Gasteiger partial charge in [0.1, 0.15) is 0 Å². The first-order valence-corrected chi connectivity index (χ1v) is 5.91. The number of carbonyl (C=O) groups is 1. The van der Waals surface area contributed by atoms with Gasteiger partial charge in [0.25, 0.3) is 5.91 Å². The van der Waals surface area contributed by atoms with Crippen molar-refractivity contribution in [1.29, 1.82) is 0 Å². The Labute approximate surface area is 101 Å². The molecule has 17 heavy (non-hydrogen) atoms. The average molecular weight is 234 g/mol. The first-order valence-electron chi connectivity index (χ1n) is 5.91. The molecule has 0 aromatic heterocycles. The number of ether oxygens (including phenoxy) is 1. The van der Waals surface area contributed by atoms with Gasteiger partial charge in [-0.05, 0) is 36.2 Å². The van der Waals surface area contributed by atoms with Crippen LogP contribution >= 0.6 is 0 Å². The average Bonchev–Trinajstić information content (AvgIpc) is 2.38. The third-order valence-electron chi connectivity index (χ3n) is 2.95. The van der Waals surface area contributed by atoms with Crippen LogP contribution in [0.5, 0.6) is 0 Å². The van der Waals surface area contributed by atoms with E-state index in [1.165, 1.54) is 11.1 Å². The number of benzene rings is 1. The van der Waals surface area contributed by atoms with Gasteiger partial charge < -0.3 is 15.4 Å². The van der Waals surface area contributed by atoms with Crippen molar-refractivity contribution in [3.8, 4) is 0 Å². The number of carbonyl (C=O) groups excluding carboxylic acids is 1. The summed E-state index contributed by atoms with van der Waals surface area (Å²) in [6.45, 7) is 2.96. The van der Waals surface area contributed by atoms with E-state index in [0.29, 0.717) is 13.2 Å². The lowest BCUT2D eigenvalue weighted by Crippen LogP contribution is -2.28. The summed E-state index contributed by atoms with van der Waals surface area (Å²) in [5, 5.41) is 6.13. The summed E-state index contributed by atoms with van der Waals surface area (Å²) in [6.07, 6.45) is 1.04. The molecule has 1 aliphatic heterocycles. The van der Waals surface area contributed by atoms with Crippen LogP contribution in [-0.2, 0) is 17.7 Å². The predicted molar refractivity (Wildman–Crippen MR) is 66.1 cm³/mol. The molecule has 0 radical (unpaired) electrons. The van der Waals surface area contributed by atoms with Crippen molar-refractivity contribution in [1.82, 2.24) is 10.6 Å². The highest BCUT2D eigenvalue weighted by Crippen LogP contribution is 2.15. The molecular weight excluding hydrogens is 216 g/mol. The zero-order valence-electron chi connectivity index (χ0n) is 10.1. The van der Waals surface area contributed by atoms with E-state index in [9.17, 15) is 4.79 Å². The molecule has 1 aliphatic rings. The number of amides is 1. The van der Waals surface area contributed by atoms with Gasteiger partial charge in [0.05, 0.1) is 6.61 Å². The summed E-state index contributed by atoms with van der Waals surface area (Å²) >= 11 is 0. The number of hydrogen-bond donors (Lipinski definition) is 2. The lowest BCUT2D eigenvalue weighted by Gasteiger charge is -2.17. The summed E-state index contributed by atoms with van der Waals surface area (Å²) in [7, 11) is 1.62. The fraction of sp³-hybridized carbons (Fsp3) is 0.462. The minimum absolute atomic E-state index is 0.0320. The van der Waals surface area contributed by atoms with E-state index < -0.39 is 0 Å². The topological polar surface area (TPSA) is 50.4 Å². The Morgan fingerprint density at radius 3 is 3.18 bits per heavy atom. The maximum atomic E-state index is 11.8. The van der Waals surface area contributed by atoms with Gasteiger partial charge in [0, 0.05) is 25.8 Å². The minimum Gasteiger partial charge on any atom is -0.383 e. The second-order valence-corrected chi connectivity index (χ2v) is 4.16. The summed E-state index contributed by atoms with van der Waals surface area (Å²) < 4.78 is 4.89. The predicted octanol–water partition coefficient (Wildman–Crippen LogP) is 0.708. The van der Waals surface area contributed by atoms with Crippen molar-refractivity contribution in [3.63, 3.8) is 0 Å². The van der Waals surface area contributed by atoms with Crippen molar-refractivity contribution in [2.75, 3.05) is 26.8 Å². The van der Waals surface area contributed by atoms with Crippen LogP contribution in [0.15, 0.2) is 18.2 Å². The standard InChI is InChI=1S/C13H18N2O2/c1-17-7-6-15-13(16)11-3-2-10-4-5-14-9-12(10)8-11/h2-3,8,14H,4-7,9H2,1H3,(H,15,16). The molecule has 0 bridgehead atoms. The fourth-order valence-corrected chi connectivity index (χ4v) is 1.99. The molecule has 4 heteroatoms. The van der Waals surface area contributed by atoms with E-state index in [-0.39, 0.29) is 5.91 Å². The number of rotatable bonds is 4. The molecule has 2 rings (SSSR count). The van der Waals surface area contributed by atoms with Crippen molar-refractivity contribution < 1.29 is 9.53 Å². The molecule has 1 aromatic rings.